The maximum Gasteiger partial charge on any atom is 0.328 e. The first kappa shape index (κ1) is 14.7. The third-order valence-electron chi connectivity index (χ3n) is 3.23. The Balaban J connectivity index is 1.66. The fourth-order valence-corrected chi connectivity index (χ4v) is 2.21. The van der Waals surface area contributed by atoms with Crippen LogP contribution in [0.2, 0.25) is 0 Å². The minimum atomic E-state index is -1.04. The van der Waals surface area contributed by atoms with E-state index in [0.717, 1.165) is 6.08 Å². The topological polar surface area (TPSA) is 89.8 Å². The highest BCUT2D eigenvalue weighted by molar-refractivity contribution is 5.91. The number of aromatic nitrogens is 1. The number of fused-ring (bicyclic) bond motifs is 1. The lowest BCUT2D eigenvalue weighted by Crippen LogP contribution is -2.18. The van der Waals surface area contributed by atoms with Gasteiger partial charge in [0.2, 0.25) is 12.7 Å². The largest absolute Gasteiger partial charge is 0.478 e. The monoisotopic (exact) mass is 314 g/mol. The maximum absolute atomic E-state index is 12.1. The molecule has 1 aromatic carbocycles. The minimum Gasteiger partial charge on any atom is -0.478 e. The molecule has 1 aromatic heterocycles. The van der Waals surface area contributed by atoms with E-state index in [1.165, 1.54) is 6.08 Å². The number of amides is 1. The minimum absolute atomic E-state index is 0.0702. The van der Waals surface area contributed by atoms with Crippen LogP contribution >= 0.6 is 0 Å². The highest BCUT2D eigenvalue weighted by Gasteiger charge is 2.14. The van der Waals surface area contributed by atoms with Crippen LogP contribution in [0.5, 0.6) is 11.5 Å². The Morgan fingerprint density at radius 1 is 1.26 bits per heavy atom. The van der Waals surface area contributed by atoms with Crippen molar-refractivity contribution in [2.24, 2.45) is 0 Å². The lowest BCUT2D eigenvalue weighted by Gasteiger charge is -2.08. The van der Waals surface area contributed by atoms with E-state index in [4.69, 9.17) is 14.6 Å². The van der Waals surface area contributed by atoms with Gasteiger partial charge < -0.3 is 24.5 Å². The third kappa shape index (κ3) is 3.52. The van der Waals surface area contributed by atoms with Crippen LogP contribution in [0.15, 0.2) is 42.6 Å². The summed E-state index contributed by atoms with van der Waals surface area (Å²) in [7, 11) is 0. The molecule has 2 N–H and O–H groups in total. The van der Waals surface area contributed by atoms with Gasteiger partial charge in [0, 0.05) is 29.7 Å². The van der Waals surface area contributed by atoms with Gasteiger partial charge in [-0.25, -0.2) is 4.79 Å². The molecule has 0 bridgehead atoms. The first-order valence-corrected chi connectivity index (χ1v) is 6.87. The molecular formula is C16H14N2O5. The van der Waals surface area contributed by atoms with Crippen molar-refractivity contribution in [2.45, 2.75) is 6.54 Å². The van der Waals surface area contributed by atoms with Crippen molar-refractivity contribution < 1.29 is 24.2 Å². The average Bonchev–Trinajstić information content (AvgIpc) is 3.13. The lowest BCUT2D eigenvalue weighted by atomic mass is 10.2. The molecule has 2 aromatic rings. The predicted octanol–water partition coefficient (Wildman–Crippen LogP) is 1.95. The molecule has 118 valence electrons. The van der Waals surface area contributed by atoms with E-state index in [1.807, 2.05) is 0 Å². The average molecular weight is 314 g/mol. The molecule has 0 fully saturated rings. The molecular weight excluding hydrogens is 300 g/mol. The molecule has 0 aliphatic carbocycles. The summed E-state index contributed by atoms with van der Waals surface area (Å²) in [5.74, 6) is -0.0315. The molecule has 1 aliphatic rings. The van der Waals surface area contributed by atoms with E-state index in [2.05, 4.69) is 5.32 Å². The number of benzene rings is 1. The quantitative estimate of drug-likeness (QED) is 0.823. The van der Waals surface area contributed by atoms with Gasteiger partial charge >= 0.3 is 5.97 Å². The molecule has 0 saturated carbocycles. The summed E-state index contributed by atoms with van der Waals surface area (Å²) in [6, 6.07) is 8.63. The fraction of sp³-hybridized carbons (Fsp3) is 0.125. The van der Waals surface area contributed by atoms with Crippen molar-refractivity contribution in [3.8, 4) is 11.5 Å². The van der Waals surface area contributed by atoms with Crippen LogP contribution < -0.4 is 14.8 Å². The molecule has 7 heteroatoms. The Kier molecular flexibility index (Phi) is 4.01. The molecule has 2 heterocycles. The number of anilines is 1. The van der Waals surface area contributed by atoms with Gasteiger partial charge in [0.05, 0.1) is 0 Å². The number of hydrogen-bond acceptors (Lipinski definition) is 4. The summed E-state index contributed by atoms with van der Waals surface area (Å²) >= 11 is 0. The van der Waals surface area contributed by atoms with E-state index >= 15 is 0 Å². The van der Waals surface area contributed by atoms with Gasteiger partial charge in [-0.05, 0) is 30.3 Å². The van der Waals surface area contributed by atoms with Gasteiger partial charge in [-0.1, -0.05) is 0 Å². The zero-order chi connectivity index (χ0) is 16.2. The Morgan fingerprint density at radius 2 is 2.09 bits per heavy atom. The molecule has 0 unspecified atom stereocenters. The van der Waals surface area contributed by atoms with E-state index in [-0.39, 0.29) is 19.2 Å². The second-order valence-corrected chi connectivity index (χ2v) is 4.85. The van der Waals surface area contributed by atoms with Crippen molar-refractivity contribution >= 4 is 23.6 Å². The summed E-state index contributed by atoms with van der Waals surface area (Å²) in [4.78, 5) is 22.7. The van der Waals surface area contributed by atoms with Crippen LogP contribution in [-0.4, -0.2) is 28.3 Å². The van der Waals surface area contributed by atoms with Crippen LogP contribution in [0, 0.1) is 0 Å². The molecule has 0 radical (unpaired) electrons. The van der Waals surface area contributed by atoms with Crippen molar-refractivity contribution in [1.29, 1.82) is 0 Å². The number of ether oxygens (including phenoxy) is 2. The molecule has 3 rings (SSSR count). The number of carboxylic acid groups (broad SMARTS) is 1. The SMILES string of the molecule is O=C(O)/C=C/c1cccn1CC(=O)Nc1ccc2c(c1)OCO2. The Bertz CT molecular complexity index is 779. The van der Waals surface area contributed by atoms with Crippen LogP contribution in [0.3, 0.4) is 0 Å². The van der Waals surface area contributed by atoms with Crippen molar-refractivity contribution in [1.82, 2.24) is 4.57 Å². The number of nitrogens with one attached hydrogen (secondary N) is 1. The zero-order valence-electron chi connectivity index (χ0n) is 12.1. The Labute approximate surface area is 131 Å². The number of carbonyl (C=O) groups excluding carboxylic acids is 1. The summed E-state index contributed by atoms with van der Waals surface area (Å²) in [5.41, 5.74) is 1.24. The summed E-state index contributed by atoms with van der Waals surface area (Å²) < 4.78 is 12.1. The number of nitrogens with zero attached hydrogens (tertiary/aromatic N) is 1. The Hall–Kier alpha value is -3.22. The lowest BCUT2D eigenvalue weighted by molar-refractivity contribution is -0.131. The number of carboxylic acids is 1. The molecule has 0 atom stereocenters. The van der Waals surface area contributed by atoms with Gasteiger partial charge in [-0.2, -0.15) is 0 Å². The summed E-state index contributed by atoms with van der Waals surface area (Å²) in [6.07, 6.45) is 4.18. The van der Waals surface area contributed by atoms with E-state index in [1.54, 1.807) is 41.1 Å². The standard InChI is InChI=1S/C16H14N2O5/c19-15(9-18-7-1-2-12(18)4-6-16(20)21)17-11-3-5-13-14(8-11)23-10-22-13/h1-8H,9-10H2,(H,17,19)(H,20,21)/b6-4+. The molecule has 1 amide bonds. The summed E-state index contributed by atoms with van der Waals surface area (Å²) in [6.45, 7) is 0.246. The smallest absolute Gasteiger partial charge is 0.328 e. The molecule has 0 saturated heterocycles. The summed E-state index contributed by atoms with van der Waals surface area (Å²) in [5, 5.41) is 11.4. The predicted molar refractivity (Wildman–Crippen MR) is 82.3 cm³/mol. The van der Waals surface area contributed by atoms with Gasteiger partial charge in [0.15, 0.2) is 11.5 Å². The van der Waals surface area contributed by atoms with E-state index < -0.39 is 5.97 Å². The number of carbonyl (C=O) groups is 2. The highest BCUT2D eigenvalue weighted by Crippen LogP contribution is 2.34. The van der Waals surface area contributed by atoms with E-state index in [9.17, 15) is 9.59 Å². The van der Waals surface area contributed by atoms with Crippen molar-refractivity contribution in [3.63, 3.8) is 0 Å². The van der Waals surface area contributed by atoms with Crippen LogP contribution in [0.1, 0.15) is 5.69 Å². The van der Waals surface area contributed by atoms with Gasteiger partial charge in [0.25, 0.3) is 0 Å². The molecule has 1 aliphatic heterocycles. The Morgan fingerprint density at radius 3 is 2.91 bits per heavy atom. The second-order valence-electron chi connectivity index (χ2n) is 4.85. The van der Waals surface area contributed by atoms with Crippen LogP contribution in [-0.2, 0) is 16.1 Å². The van der Waals surface area contributed by atoms with Crippen LogP contribution in [0.25, 0.3) is 6.08 Å². The number of aliphatic carboxylic acids is 1. The van der Waals surface area contributed by atoms with Gasteiger partial charge in [0.1, 0.15) is 6.54 Å². The first-order valence-electron chi connectivity index (χ1n) is 6.87. The fourth-order valence-electron chi connectivity index (χ4n) is 2.21. The molecule has 7 nitrogen and oxygen atoms in total. The third-order valence-corrected chi connectivity index (χ3v) is 3.23. The molecule has 0 spiro atoms. The number of hydrogen-bond donors (Lipinski definition) is 2. The zero-order valence-corrected chi connectivity index (χ0v) is 12.1. The van der Waals surface area contributed by atoms with Gasteiger partial charge in [-0.15, -0.1) is 0 Å². The van der Waals surface area contributed by atoms with Crippen molar-refractivity contribution in [2.75, 3.05) is 12.1 Å². The van der Waals surface area contributed by atoms with E-state index in [0.29, 0.717) is 22.9 Å². The first-order chi connectivity index (χ1) is 11.1. The molecule has 23 heavy (non-hydrogen) atoms. The van der Waals surface area contributed by atoms with Crippen molar-refractivity contribution in [3.05, 3.63) is 48.3 Å². The van der Waals surface area contributed by atoms with Gasteiger partial charge in [-0.3, -0.25) is 4.79 Å². The van der Waals surface area contributed by atoms with Crippen LogP contribution in [0.4, 0.5) is 5.69 Å². The number of rotatable bonds is 5. The second kappa shape index (κ2) is 6.27. The maximum atomic E-state index is 12.1. The highest BCUT2D eigenvalue weighted by atomic mass is 16.7. The normalized spacial score (nSPS) is 12.5.